The second-order valence-electron chi connectivity index (χ2n) is 4.47. The number of halogens is 2. The number of pyridine rings is 1. The summed E-state index contributed by atoms with van der Waals surface area (Å²) in [6.07, 6.45) is 2.07. The van der Waals surface area contributed by atoms with Crippen LogP contribution in [0.4, 0.5) is 8.78 Å². The van der Waals surface area contributed by atoms with E-state index in [0.29, 0.717) is 17.7 Å². The predicted octanol–water partition coefficient (Wildman–Crippen LogP) is 3.23. The van der Waals surface area contributed by atoms with Crippen molar-refractivity contribution < 1.29 is 18.3 Å². The molecule has 120 valence electrons. The lowest BCUT2D eigenvalue weighted by Gasteiger charge is -2.07. The van der Waals surface area contributed by atoms with Crippen molar-refractivity contribution in [1.82, 2.24) is 10.4 Å². The van der Waals surface area contributed by atoms with Crippen LogP contribution in [0.5, 0.6) is 5.75 Å². The van der Waals surface area contributed by atoms with Gasteiger partial charge in [-0.2, -0.15) is 13.9 Å². The minimum Gasteiger partial charge on any atom is -0.435 e. The van der Waals surface area contributed by atoms with Crippen LogP contribution in [0, 0.1) is 0 Å². The van der Waals surface area contributed by atoms with Gasteiger partial charge in [0.05, 0.1) is 5.71 Å². The summed E-state index contributed by atoms with van der Waals surface area (Å²) in [5.41, 5.74) is 4.00. The smallest absolute Gasteiger partial charge is 0.387 e. The fourth-order valence-corrected chi connectivity index (χ4v) is 1.85. The maximum absolute atomic E-state index is 12.1. The molecule has 0 atom stereocenters. The van der Waals surface area contributed by atoms with E-state index in [4.69, 9.17) is 0 Å². The standard InChI is InChI=1S/C16H15F2N3O2/c1-2-13(11-6-8-12(9-7-11)23-16(17)18)20-21-15(22)14-5-3-4-10-19-14/h3-10,16H,2H2,1H3,(H,21,22). The Morgan fingerprint density at radius 1 is 1.26 bits per heavy atom. The van der Waals surface area contributed by atoms with E-state index in [9.17, 15) is 13.6 Å². The molecule has 0 saturated carbocycles. The Labute approximate surface area is 132 Å². The van der Waals surface area contributed by atoms with Gasteiger partial charge in [-0.05, 0) is 48.4 Å². The fraction of sp³-hybridized carbons (Fsp3) is 0.188. The van der Waals surface area contributed by atoms with Gasteiger partial charge in [0.25, 0.3) is 5.91 Å². The number of amides is 1. The van der Waals surface area contributed by atoms with Gasteiger partial charge in [-0.1, -0.05) is 13.0 Å². The van der Waals surface area contributed by atoms with E-state index in [1.807, 2.05) is 6.92 Å². The fourth-order valence-electron chi connectivity index (χ4n) is 1.85. The topological polar surface area (TPSA) is 63.6 Å². The Balaban J connectivity index is 2.08. The molecule has 0 fully saturated rings. The molecule has 0 aliphatic heterocycles. The first-order chi connectivity index (χ1) is 11.1. The molecule has 5 nitrogen and oxygen atoms in total. The van der Waals surface area contributed by atoms with E-state index in [2.05, 4.69) is 20.2 Å². The number of ether oxygens (including phenoxy) is 1. The predicted molar refractivity (Wildman–Crippen MR) is 81.6 cm³/mol. The molecule has 1 aromatic carbocycles. The highest BCUT2D eigenvalue weighted by molar-refractivity contribution is 6.01. The molecule has 23 heavy (non-hydrogen) atoms. The maximum atomic E-state index is 12.1. The average Bonchev–Trinajstić information content (AvgIpc) is 2.57. The molecule has 1 aromatic heterocycles. The van der Waals surface area contributed by atoms with E-state index >= 15 is 0 Å². The summed E-state index contributed by atoms with van der Waals surface area (Å²) < 4.78 is 28.5. The van der Waals surface area contributed by atoms with Crippen molar-refractivity contribution in [3.05, 3.63) is 59.9 Å². The van der Waals surface area contributed by atoms with Crippen LogP contribution in [-0.4, -0.2) is 23.2 Å². The van der Waals surface area contributed by atoms with E-state index in [-0.39, 0.29) is 11.4 Å². The molecule has 0 bridgehead atoms. The molecule has 1 heterocycles. The number of alkyl halides is 2. The summed E-state index contributed by atoms with van der Waals surface area (Å²) in [4.78, 5) is 15.8. The van der Waals surface area contributed by atoms with Gasteiger partial charge >= 0.3 is 6.61 Å². The van der Waals surface area contributed by atoms with Gasteiger partial charge in [-0.15, -0.1) is 0 Å². The van der Waals surface area contributed by atoms with Crippen molar-refractivity contribution >= 4 is 11.6 Å². The number of carbonyl (C=O) groups excluding carboxylic acids is 1. The van der Waals surface area contributed by atoms with E-state index in [0.717, 1.165) is 0 Å². The Hall–Kier alpha value is -2.83. The highest BCUT2D eigenvalue weighted by Gasteiger charge is 2.08. The molecule has 2 rings (SSSR count). The number of aromatic nitrogens is 1. The first-order valence-electron chi connectivity index (χ1n) is 6.93. The molecule has 0 unspecified atom stereocenters. The van der Waals surface area contributed by atoms with Crippen LogP contribution in [0.1, 0.15) is 29.4 Å². The van der Waals surface area contributed by atoms with Crippen molar-refractivity contribution in [2.24, 2.45) is 5.10 Å². The van der Waals surface area contributed by atoms with Gasteiger partial charge in [-0.25, -0.2) is 5.43 Å². The van der Waals surface area contributed by atoms with E-state index < -0.39 is 12.5 Å². The molecule has 0 saturated heterocycles. The van der Waals surface area contributed by atoms with Gasteiger partial charge in [0, 0.05) is 6.20 Å². The molecular weight excluding hydrogens is 304 g/mol. The van der Waals surface area contributed by atoms with Crippen molar-refractivity contribution in [1.29, 1.82) is 0 Å². The molecular formula is C16H15F2N3O2. The van der Waals surface area contributed by atoms with Gasteiger partial charge in [0.15, 0.2) is 0 Å². The largest absolute Gasteiger partial charge is 0.435 e. The first kappa shape index (κ1) is 16.5. The zero-order chi connectivity index (χ0) is 16.7. The minimum atomic E-state index is -2.86. The number of nitrogens with one attached hydrogen (secondary N) is 1. The molecule has 0 aliphatic rings. The maximum Gasteiger partial charge on any atom is 0.387 e. The highest BCUT2D eigenvalue weighted by atomic mass is 19.3. The number of hydrogen-bond acceptors (Lipinski definition) is 4. The Morgan fingerprint density at radius 3 is 2.57 bits per heavy atom. The van der Waals surface area contributed by atoms with Gasteiger partial charge < -0.3 is 4.74 Å². The SMILES string of the molecule is CCC(=NNC(=O)c1ccccn1)c1ccc(OC(F)F)cc1. The second-order valence-corrected chi connectivity index (χ2v) is 4.47. The second kappa shape index (κ2) is 7.98. The third-order valence-corrected chi connectivity index (χ3v) is 2.94. The van der Waals surface area contributed by atoms with Crippen LogP contribution in [0.2, 0.25) is 0 Å². The van der Waals surface area contributed by atoms with Crippen molar-refractivity contribution in [2.75, 3.05) is 0 Å². The number of hydrazone groups is 1. The normalized spacial score (nSPS) is 11.4. The summed E-state index contributed by atoms with van der Waals surface area (Å²) in [6.45, 7) is -0.993. The molecule has 2 aromatic rings. The zero-order valence-electron chi connectivity index (χ0n) is 12.4. The van der Waals surface area contributed by atoms with Crippen LogP contribution in [0.25, 0.3) is 0 Å². The molecule has 7 heteroatoms. The monoisotopic (exact) mass is 319 g/mol. The Morgan fingerprint density at radius 2 is 2.00 bits per heavy atom. The van der Waals surface area contributed by atoms with E-state index in [1.54, 1.807) is 30.3 Å². The number of hydrogen-bond donors (Lipinski definition) is 1. The van der Waals surface area contributed by atoms with Crippen LogP contribution >= 0.6 is 0 Å². The zero-order valence-corrected chi connectivity index (χ0v) is 12.4. The minimum absolute atomic E-state index is 0.0664. The average molecular weight is 319 g/mol. The van der Waals surface area contributed by atoms with Gasteiger partial charge in [0.1, 0.15) is 11.4 Å². The molecule has 1 N–H and O–H groups in total. The van der Waals surface area contributed by atoms with Crippen molar-refractivity contribution in [3.63, 3.8) is 0 Å². The third kappa shape index (κ3) is 4.84. The summed E-state index contributed by atoms with van der Waals surface area (Å²) in [7, 11) is 0. The molecule has 0 aliphatic carbocycles. The third-order valence-electron chi connectivity index (χ3n) is 2.94. The highest BCUT2D eigenvalue weighted by Crippen LogP contribution is 2.16. The van der Waals surface area contributed by atoms with Crippen LogP contribution < -0.4 is 10.2 Å². The van der Waals surface area contributed by atoms with Crippen molar-refractivity contribution in [3.8, 4) is 5.75 Å². The Kier molecular flexibility index (Phi) is 5.74. The van der Waals surface area contributed by atoms with E-state index in [1.165, 1.54) is 18.3 Å². The molecule has 0 spiro atoms. The van der Waals surface area contributed by atoms with Crippen molar-refractivity contribution in [2.45, 2.75) is 20.0 Å². The number of nitrogens with zero attached hydrogens (tertiary/aromatic N) is 2. The number of benzene rings is 1. The molecule has 1 amide bonds. The number of rotatable bonds is 6. The lowest BCUT2D eigenvalue weighted by atomic mass is 10.1. The summed E-state index contributed by atoms with van der Waals surface area (Å²) in [5, 5.41) is 4.07. The Bertz CT molecular complexity index is 673. The van der Waals surface area contributed by atoms with Crippen LogP contribution in [-0.2, 0) is 0 Å². The lowest BCUT2D eigenvalue weighted by molar-refractivity contribution is -0.0498. The first-order valence-corrected chi connectivity index (χ1v) is 6.93. The lowest BCUT2D eigenvalue weighted by Crippen LogP contribution is -2.20. The van der Waals surface area contributed by atoms with Crippen LogP contribution in [0.15, 0.2) is 53.8 Å². The molecule has 0 radical (unpaired) electrons. The van der Waals surface area contributed by atoms with Gasteiger partial charge in [0.2, 0.25) is 0 Å². The summed E-state index contributed by atoms with van der Waals surface area (Å²) in [5.74, 6) is -0.356. The summed E-state index contributed by atoms with van der Waals surface area (Å²) >= 11 is 0. The number of carbonyl (C=O) groups is 1. The van der Waals surface area contributed by atoms with Crippen LogP contribution in [0.3, 0.4) is 0 Å². The summed E-state index contributed by atoms with van der Waals surface area (Å²) in [6, 6.07) is 11.0. The van der Waals surface area contributed by atoms with Gasteiger partial charge in [-0.3, -0.25) is 9.78 Å². The quantitative estimate of drug-likeness (QED) is 0.657.